The summed E-state index contributed by atoms with van der Waals surface area (Å²) in [5.74, 6) is -1.40. The van der Waals surface area contributed by atoms with Crippen molar-refractivity contribution in [1.82, 2.24) is 0 Å². The van der Waals surface area contributed by atoms with Crippen LogP contribution in [0.25, 0.3) is 0 Å². The molecule has 0 saturated carbocycles. The topological polar surface area (TPSA) is 108 Å². The molecule has 8 heteroatoms. The summed E-state index contributed by atoms with van der Waals surface area (Å²) in [4.78, 5) is 35.8. The van der Waals surface area contributed by atoms with Gasteiger partial charge in [0.05, 0.1) is 23.5 Å². The number of Topliss-reactive ketones (excluding diaryl/α,β-unsaturated/α-hetero) is 1. The van der Waals surface area contributed by atoms with E-state index in [1.165, 1.54) is 26.2 Å². The van der Waals surface area contributed by atoms with E-state index in [9.17, 15) is 14.4 Å². The average molecular weight is 377 g/mol. The molecule has 3 N–H and O–H groups in total. The molecule has 0 saturated heterocycles. The van der Waals surface area contributed by atoms with Crippen LogP contribution in [0.2, 0.25) is 5.02 Å². The van der Waals surface area contributed by atoms with Crippen molar-refractivity contribution in [2.75, 3.05) is 24.8 Å². The number of para-hydroxylation sites is 1. The Morgan fingerprint density at radius 1 is 1.15 bits per heavy atom. The van der Waals surface area contributed by atoms with Crippen molar-refractivity contribution < 1.29 is 23.9 Å². The maximum absolute atomic E-state index is 12.2. The summed E-state index contributed by atoms with van der Waals surface area (Å²) in [6.07, 6.45) is 0. The molecule has 136 valence electrons. The third-order valence-electron chi connectivity index (χ3n) is 3.45. The second-order valence-corrected chi connectivity index (χ2v) is 5.71. The van der Waals surface area contributed by atoms with E-state index in [4.69, 9.17) is 26.8 Å². The summed E-state index contributed by atoms with van der Waals surface area (Å²) in [6.45, 7) is 0.846. The first-order valence-electron chi connectivity index (χ1n) is 7.53. The molecule has 0 aliphatic carbocycles. The van der Waals surface area contributed by atoms with Gasteiger partial charge in [-0.2, -0.15) is 0 Å². The molecule has 0 aromatic heterocycles. The van der Waals surface area contributed by atoms with Gasteiger partial charge in [-0.25, -0.2) is 4.79 Å². The lowest BCUT2D eigenvalue weighted by Crippen LogP contribution is -2.22. The maximum Gasteiger partial charge on any atom is 0.342 e. The lowest BCUT2D eigenvalue weighted by molar-refractivity contribution is -0.119. The molecule has 26 heavy (non-hydrogen) atoms. The van der Waals surface area contributed by atoms with Crippen molar-refractivity contribution in [2.24, 2.45) is 0 Å². The van der Waals surface area contributed by atoms with Crippen molar-refractivity contribution >= 4 is 40.6 Å². The molecule has 0 aliphatic rings. The van der Waals surface area contributed by atoms with Crippen LogP contribution in [0.15, 0.2) is 36.4 Å². The Morgan fingerprint density at radius 2 is 1.85 bits per heavy atom. The molecule has 2 rings (SSSR count). The number of benzene rings is 2. The number of methoxy groups -OCH3 is 1. The average Bonchev–Trinajstić information content (AvgIpc) is 2.61. The molecule has 0 spiro atoms. The Morgan fingerprint density at radius 3 is 2.50 bits per heavy atom. The zero-order chi connectivity index (χ0) is 19.3. The van der Waals surface area contributed by atoms with Gasteiger partial charge in [-0.05, 0) is 25.1 Å². The molecule has 0 radical (unpaired) electrons. The maximum atomic E-state index is 12.2. The Hall–Kier alpha value is -3.06. The van der Waals surface area contributed by atoms with Crippen LogP contribution in [-0.2, 0) is 9.53 Å². The van der Waals surface area contributed by atoms with Gasteiger partial charge >= 0.3 is 5.97 Å². The number of halogens is 1. The van der Waals surface area contributed by atoms with E-state index in [0.717, 1.165) is 0 Å². The highest BCUT2D eigenvalue weighted by atomic mass is 35.5. The zero-order valence-electron chi connectivity index (χ0n) is 14.2. The summed E-state index contributed by atoms with van der Waals surface area (Å²) in [5, 5.41) is 2.70. The Bertz CT molecular complexity index is 867. The fraction of sp³-hybridized carbons (Fsp3) is 0.167. The number of anilines is 2. The predicted molar refractivity (Wildman–Crippen MR) is 97.8 cm³/mol. The summed E-state index contributed by atoms with van der Waals surface area (Å²) < 4.78 is 10.1. The second kappa shape index (κ2) is 8.35. The molecule has 0 unspecified atom stereocenters. The van der Waals surface area contributed by atoms with Crippen molar-refractivity contribution in [2.45, 2.75) is 6.92 Å². The van der Waals surface area contributed by atoms with Crippen molar-refractivity contribution in [3.05, 3.63) is 52.5 Å². The molecule has 0 atom stereocenters. The van der Waals surface area contributed by atoms with E-state index in [1.54, 1.807) is 24.3 Å². The summed E-state index contributed by atoms with van der Waals surface area (Å²) in [5.41, 5.74) is 6.65. The summed E-state index contributed by atoms with van der Waals surface area (Å²) >= 11 is 5.90. The molecule has 7 nitrogen and oxygen atoms in total. The van der Waals surface area contributed by atoms with E-state index >= 15 is 0 Å². The van der Waals surface area contributed by atoms with E-state index in [1.807, 2.05) is 0 Å². The fourth-order valence-corrected chi connectivity index (χ4v) is 2.36. The first-order chi connectivity index (χ1) is 12.3. The molecular formula is C18H17ClN2O5. The van der Waals surface area contributed by atoms with Crippen LogP contribution in [-0.4, -0.2) is 31.4 Å². The largest absolute Gasteiger partial charge is 0.496 e. The number of amides is 1. The number of carbonyl (C=O) groups is 3. The van der Waals surface area contributed by atoms with Crippen LogP contribution in [0.1, 0.15) is 27.6 Å². The van der Waals surface area contributed by atoms with Crippen LogP contribution in [0.3, 0.4) is 0 Å². The van der Waals surface area contributed by atoms with Gasteiger partial charge in [-0.15, -0.1) is 0 Å². The minimum absolute atomic E-state index is 0.0450. The molecule has 2 aromatic carbocycles. The molecule has 0 fully saturated rings. The van der Waals surface area contributed by atoms with E-state index in [2.05, 4.69) is 5.32 Å². The number of rotatable bonds is 6. The first kappa shape index (κ1) is 19.3. The van der Waals surface area contributed by atoms with Crippen LogP contribution in [0, 0.1) is 0 Å². The lowest BCUT2D eigenvalue weighted by Gasteiger charge is -2.12. The van der Waals surface area contributed by atoms with Gasteiger partial charge < -0.3 is 20.5 Å². The van der Waals surface area contributed by atoms with Gasteiger partial charge in [-0.3, -0.25) is 9.59 Å². The molecule has 0 bridgehead atoms. The van der Waals surface area contributed by atoms with Crippen LogP contribution in [0.5, 0.6) is 5.75 Å². The van der Waals surface area contributed by atoms with Gasteiger partial charge in [-0.1, -0.05) is 23.7 Å². The van der Waals surface area contributed by atoms with Crippen molar-refractivity contribution in [1.29, 1.82) is 0 Å². The standard InChI is InChI=1S/C18H17ClN2O5/c1-10(22)11-5-3-4-6-15(11)21-17(23)9-26-18(24)12-7-13(19)14(20)8-16(12)25-2/h3-8H,9,20H2,1-2H3,(H,21,23). The highest BCUT2D eigenvalue weighted by Crippen LogP contribution is 2.29. The Balaban J connectivity index is 2.05. The van der Waals surface area contributed by atoms with Gasteiger partial charge in [0.1, 0.15) is 11.3 Å². The fourth-order valence-electron chi connectivity index (χ4n) is 2.19. The third kappa shape index (κ3) is 4.52. The predicted octanol–water partition coefficient (Wildman–Crippen LogP) is 2.93. The van der Waals surface area contributed by atoms with Gasteiger partial charge in [0, 0.05) is 11.6 Å². The minimum Gasteiger partial charge on any atom is -0.496 e. The minimum atomic E-state index is -0.793. The van der Waals surface area contributed by atoms with Gasteiger partial charge in [0.2, 0.25) is 0 Å². The lowest BCUT2D eigenvalue weighted by atomic mass is 10.1. The third-order valence-corrected chi connectivity index (χ3v) is 3.78. The number of nitrogen functional groups attached to an aromatic ring is 1. The highest BCUT2D eigenvalue weighted by molar-refractivity contribution is 6.33. The van der Waals surface area contributed by atoms with Crippen LogP contribution in [0.4, 0.5) is 11.4 Å². The van der Waals surface area contributed by atoms with Crippen LogP contribution >= 0.6 is 11.6 Å². The Labute approximate surface area is 155 Å². The summed E-state index contributed by atoms with van der Waals surface area (Å²) in [7, 11) is 1.37. The number of hydrogen-bond acceptors (Lipinski definition) is 6. The Kier molecular flexibility index (Phi) is 6.19. The molecular weight excluding hydrogens is 360 g/mol. The van der Waals surface area contributed by atoms with E-state index < -0.39 is 18.5 Å². The second-order valence-electron chi connectivity index (χ2n) is 5.30. The number of carbonyl (C=O) groups excluding carboxylic acids is 3. The highest BCUT2D eigenvalue weighted by Gasteiger charge is 2.18. The van der Waals surface area contributed by atoms with Crippen molar-refractivity contribution in [3.63, 3.8) is 0 Å². The number of ketones is 1. The molecule has 0 aliphatic heterocycles. The van der Waals surface area contributed by atoms with Crippen molar-refractivity contribution in [3.8, 4) is 5.75 Å². The van der Waals surface area contributed by atoms with Crippen LogP contribution < -0.4 is 15.8 Å². The smallest absolute Gasteiger partial charge is 0.342 e. The number of nitrogens with one attached hydrogen (secondary N) is 1. The SMILES string of the molecule is COc1cc(N)c(Cl)cc1C(=O)OCC(=O)Nc1ccccc1C(C)=O. The first-order valence-corrected chi connectivity index (χ1v) is 7.91. The molecule has 0 heterocycles. The molecule has 1 amide bonds. The number of nitrogens with two attached hydrogens (primary N) is 1. The zero-order valence-corrected chi connectivity index (χ0v) is 14.9. The number of hydrogen-bond donors (Lipinski definition) is 2. The van der Waals surface area contributed by atoms with Gasteiger partial charge in [0.25, 0.3) is 5.91 Å². The normalized spacial score (nSPS) is 10.1. The number of ether oxygens (including phenoxy) is 2. The monoisotopic (exact) mass is 376 g/mol. The summed E-state index contributed by atoms with van der Waals surface area (Å²) in [6, 6.07) is 9.23. The van der Waals surface area contributed by atoms with E-state index in [-0.39, 0.29) is 27.8 Å². The van der Waals surface area contributed by atoms with E-state index in [0.29, 0.717) is 11.3 Å². The van der Waals surface area contributed by atoms with Gasteiger partial charge in [0.15, 0.2) is 12.4 Å². The quantitative estimate of drug-likeness (QED) is 0.456. The number of esters is 1. The molecule has 2 aromatic rings.